The molecule has 0 amide bonds. The number of non-ortho nitro benzene ring substituents is 1. The van der Waals surface area contributed by atoms with Crippen LogP contribution in [0.3, 0.4) is 0 Å². The minimum Gasteiger partial charge on any atom is -0.481 e. The molecular weight excluding hydrogens is 372 g/mol. The van der Waals surface area contributed by atoms with Gasteiger partial charge in [-0.2, -0.15) is 0 Å². The summed E-state index contributed by atoms with van der Waals surface area (Å²) in [6.45, 7) is 3.51. The van der Waals surface area contributed by atoms with Gasteiger partial charge in [0.2, 0.25) is 0 Å². The minimum atomic E-state index is -4.20. The number of carbonyl (C=O) groups is 1. The maximum Gasteiger partial charge on any atom is 0.305 e. The summed E-state index contributed by atoms with van der Waals surface area (Å²) in [5, 5.41) is 20.0. The van der Waals surface area contributed by atoms with Gasteiger partial charge in [-0.05, 0) is 23.6 Å². The highest BCUT2D eigenvalue weighted by atomic mass is 32.2. The smallest absolute Gasteiger partial charge is 0.305 e. The van der Waals surface area contributed by atoms with Gasteiger partial charge in [0.1, 0.15) is 0 Å². The Morgan fingerprint density at radius 3 is 2.44 bits per heavy atom. The van der Waals surface area contributed by atoms with E-state index in [0.717, 1.165) is 15.9 Å². The number of rotatable bonds is 8. The van der Waals surface area contributed by atoms with Crippen molar-refractivity contribution < 1.29 is 23.2 Å². The number of hydrogen-bond donors (Lipinski definition) is 1. The molecule has 0 spiro atoms. The Morgan fingerprint density at radius 1 is 1.19 bits per heavy atom. The van der Waals surface area contributed by atoms with E-state index in [2.05, 4.69) is 0 Å². The van der Waals surface area contributed by atoms with Gasteiger partial charge in [-0.25, -0.2) is 8.42 Å². The van der Waals surface area contributed by atoms with E-state index in [0.29, 0.717) is 5.69 Å². The zero-order valence-electron chi connectivity index (χ0n) is 14.9. The predicted octanol–water partition coefficient (Wildman–Crippen LogP) is 3.39. The van der Waals surface area contributed by atoms with Crippen molar-refractivity contribution >= 4 is 27.4 Å². The fourth-order valence-corrected chi connectivity index (χ4v) is 4.19. The molecule has 0 radical (unpaired) electrons. The Hall–Kier alpha value is -2.94. The lowest BCUT2D eigenvalue weighted by Crippen LogP contribution is -2.34. The summed E-state index contributed by atoms with van der Waals surface area (Å²) >= 11 is 0. The Kier molecular flexibility index (Phi) is 6.17. The fourth-order valence-electron chi connectivity index (χ4n) is 2.65. The number of para-hydroxylation sites is 1. The third-order valence-electron chi connectivity index (χ3n) is 3.97. The molecule has 9 heteroatoms. The zero-order chi connectivity index (χ0) is 20.2. The van der Waals surface area contributed by atoms with Gasteiger partial charge in [-0.3, -0.25) is 19.2 Å². The largest absolute Gasteiger partial charge is 0.481 e. The van der Waals surface area contributed by atoms with E-state index in [1.807, 2.05) is 13.8 Å². The SMILES string of the molecule is CC(C)c1ccccc1N(CCC(=O)O)S(=O)(=O)c1cccc([N+](=O)[O-])c1. The predicted molar refractivity (Wildman–Crippen MR) is 100 cm³/mol. The summed E-state index contributed by atoms with van der Waals surface area (Å²) in [4.78, 5) is 21.1. The van der Waals surface area contributed by atoms with Crippen LogP contribution in [0.2, 0.25) is 0 Å². The lowest BCUT2D eigenvalue weighted by molar-refractivity contribution is -0.385. The maximum atomic E-state index is 13.2. The maximum absolute atomic E-state index is 13.2. The summed E-state index contributed by atoms with van der Waals surface area (Å²) < 4.78 is 27.4. The molecule has 0 atom stereocenters. The van der Waals surface area contributed by atoms with Crippen LogP contribution in [-0.4, -0.2) is 31.0 Å². The molecule has 27 heavy (non-hydrogen) atoms. The van der Waals surface area contributed by atoms with Gasteiger partial charge in [0.25, 0.3) is 15.7 Å². The van der Waals surface area contributed by atoms with Crippen molar-refractivity contribution in [1.82, 2.24) is 0 Å². The standard InChI is InChI=1S/C18H20N2O6S/c1-13(2)16-8-3-4-9-17(16)19(11-10-18(21)22)27(25,26)15-7-5-6-14(12-15)20(23)24/h3-9,12-13H,10-11H2,1-2H3,(H,21,22). The molecule has 0 fully saturated rings. The number of benzene rings is 2. The summed E-state index contributed by atoms with van der Waals surface area (Å²) in [5.41, 5.74) is 0.739. The molecule has 0 heterocycles. The normalized spacial score (nSPS) is 11.4. The van der Waals surface area contributed by atoms with Crippen LogP contribution in [0, 0.1) is 10.1 Å². The molecule has 0 bridgehead atoms. The molecule has 2 aromatic rings. The summed E-state index contributed by atoms with van der Waals surface area (Å²) in [7, 11) is -4.20. The van der Waals surface area contributed by atoms with Crippen molar-refractivity contribution in [2.75, 3.05) is 10.8 Å². The minimum absolute atomic E-state index is 0.00571. The highest BCUT2D eigenvalue weighted by Gasteiger charge is 2.29. The highest BCUT2D eigenvalue weighted by Crippen LogP contribution is 2.32. The average Bonchev–Trinajstić information content (AvgIpc) is 2.61. The summed E-state index contributed by atoms with van der Waals surface area (Å²) in [6, 6.07) is 11.5. The van der Waals surface area contributed by atoms with Crippen molar-refractivity contribution in [3.8, 4) is 0 Å². The number of nitro benzene ring substituents is 1. The van der Waals surface area contributed by atoms with Gasteiger partial charge >= 0.3 is 5.97 Å². The molecule has 1 N–H and O–H groups in total. The van der Waals surface area contributed by atoms with E-state index in [9.17, 15) is 23.3 Å². The lowest BCUT2D eigenvalue weighted by atomic mass is 10.0. The molecular formula is C18H20N2O6S. The molecule has 2 rings (SSSR count). The van der Waals surface area contributed by atoms with Crippen molar-refractivity contribution in [2.45, 2.75) is 31.1 Å². The number of carboxylic acids is 1. The first kappa shape index (κ1) is 20.4. The van der Waals surface area contributed by atoms with Crippen LogP contribution in [0.25, 0.3) is 0 Å². The molecule has 0 saturated heterocycles. The lowest BCUT2D eigenvalue weighted by Gasteiger charge is -2.27. The van der Waals surface area contributed by atoms with E-state index in [1.54, 1.807) is 24.3 Å². The highest BCUT2D eigenvalue weighted by molar-refractivity contribution is 7.92. The Labute approximate surface area is 157 Å². The Bertz CT molecular complexity index is 956. The third-order valence-corrected chi connectivity index (χ3v) is 5.78. The van der Waals surface area contributed by atoms with E-state index in [4.69, 9.17) is 5.11 Å². The molecule has 0 aliphatic rings. The molecule has 0 aliphatic carbocycles. The fraction of sp³-hybridized carbons (Fsp3) is 0.278. The van der Waals surface area contributed by atoms with Crippen LogP contribution in [0.15, 0.2) is 53.4 Å². The third kappa shape index (κ3) is 4.62. The number of hydrogen-bond acceptors (Lipinski definition) is 5. The van der Waals surface area contributed by atoms with Crippen LogP contribution < -0.4 is 4.31 Å². The van der Waals surface area contributed by atoms with Gasteiger partial charge in [-0.15, -0.1) is 0 Å². The number of anilines is 1. The van der Waals surface area contributed by atoms with Crippen molar-refractivity contribution in [1.29, 1.82) is 0 Å². The van der Waals surface area contributed by atoms with E-state index in [-0.39, 0.29) is 23.0 Å². The summed E-state index contributed by atoms with van der Waals surface area (Å²) in [5.74, 6) is -1.15. The van der Waals surface area contributed by atoms with E-state index in [1.165, 1.54) is 18.2 Å². The first-order chi connectivity index (χ1) is 12.6. The second-order valence-electron chi connectivity index (χ2n) is 6.19. The van der Waals surface area contributed by atoms with Crippen LogP contribution >= 0.6 is 0 Å². The first-order valence-electron chi connectivity index (χ1n) is 8.22. The van der Waals surface area contributed by atoms with Crippen LogP contribution in [0.5, 0.6) is 0 Å². The van der Waals surface area contributed by atoms with Crippen LogP contribution in [0.4, 0.5) is 11.4 Å². The molecule has 0 unspecified atom stereocenters. The number of carboxylic acid groups (broad SMARTS) is 1. The number of nitro groups is 1. The number of sulfonamides is 1. The van der Waals surface area contributed by atoms with Gasteiger partial charge < -0.3 is 5.11 Å². The second kappa shape index (κ2) is 8.17. The average molecular weight is 392 g/mol. The van der Waals surface area contributed by atoms with E-state index < -0.39 is 27.3 Å². The van der Waals surface area contributed by atoms with Gasteiger partial charge in [0.15, 0.2) is 0 Å². The molecule has 0 aliphatic heterocycles. The van der Waals surface area contributed by atoms with E-state index >= 15 is 0 Å². The number of aliphatic carboxylic acids is 1. The van der Waals surface area contributed by atoms with Gasteiger partial charge in [-0.1, -0.05) is 38.1 Å². The topological polar surface area (TPSA) is 118 Å². The molecule has 8 nitrogen and oxygen atoms in total. The van der Waals surface area contributed by atoms with Gasteiger partial charge in [0.05, 0.1) is 21.9 Å². The first-order valence-corrected chi connectivity index (χ1v) is 9.66. The molecule has 0 saturated carbocycles. The summed E-state index contributed by atoms with van der Waals surface area (Å²) in [6.07, 6.45) is -0.402. The number of nitrogens with zero attached hydrogens (tertiary/aromatic N) is 2. The Morgan fingerprint density at radius 2 is 1.85 bits per heavy atom. The van der Waals surface area contributed by atoms with Crippen LogP contribution in [0.1, 0.15) is 31.7 Å². The van der Waals surface area contributed by atoms with Crippen molar-refractivity contribution in [3.63, 3.8) is 0 Å². The molecule has 144 valence electrons. The second-order valence-corrected chi connectivity index (χ2v) is 8.05. The Balaban J connectivity index is 2.62. The zero-order valence-corrected chi connectivity index (χ0v) is 15.7. The van der Waals surface area contributed by atoms with Crippen molar-refractivity contribution in [3.05, 3.63) is 64.2 Å². The monoisotopic (exact) mass is 392 g/mol. The molecule has 0 aromatic heterocycles. The van der Waals surface area contributed by atoms with Crippen LogP contribution in [-0.2, 0) is 14.8 Å². The van der Waals surface area contributed by atoms with Gasteiger partial charge in [0, 0.05) is 18.7 Å². The van der Waals surface area contributed by atoms with Crippen molar-refractivity contribution in [2.24, 2.45) is 0 Å². The quantitative estimate of drug-likeness (QED) is 0.543. The molecule has 2 aromatic carbocycles.